The van der Waals surface area contributed by atoms with Crippen LogP contribution in [0.25, 0.3) is 5.69 Å². The second-order valence-corrected chi connectivity index (χ2v) is 7.98. The van der Waals surface area contributed by atoms with Crippen LogP contribution >= 0.6 is 0 Å². The highest BCUT2D eigenvalue weighted by Crippen LogP contribution is 2.32. The molecule has 0 aliphatic rings. The third kappa shape index (κ3) is 2.82. The van der Waals surface area contributed by atoms with Crippen molar-refractivity contribution in [2.45, 2.75) is 24.6 Å². The monoisotopic (exact) mass is 309 g/mol. The summed E-state index contributed by atoms with van der Waals surface area (Å²) in [5.74, 6) is 5.61. The van der Waals surface area contributed by atoms with Gasteiger partial charge in [-0.25, -0.2) is 18.5 Å². The standard InChI is InChI=1S/C13H19N5O2S/c1-13(2,21(3,19)20)12(16-14)11-9-15-17-18(11)10-7-5-4-6-8-10/h4-9,12,16H,14H2,1-3H3. The molecule has 1 unspecified atom stereocenters. The number of para-hydroxylation sites is 1. The highest BCUT2D eigenvalue weighted by Gasteiger charge is 2.41. The van der Waals surface area contributed by atoms with E-state index in [-0.39, 0.29) is 0 Å². The number of benzene rings is 1. The van der Waals surface area contributed by atoms with Crippen LogP contribution in [0.1, 0.15) is 25.6 Å². The van der Waals surface area contributed by atoms with Crippen LogP contribution in [0.4, 0.5) is 0 Å². The van der Waals surface area contributed by atoms with Crippen molar-refractivity contribution in [3.63, 3.8) is 0 Å². The number of hydrogen-bond donors (Lipinski definition) is 2. The van der Waals surface area contributed by atoms with Gasteiger partial charge in [0.1, 0.15) is 0 Å². The minimum absolute atomic E-state index is 0.583. The Morgan fingerprint density at radius 3 is 2.43 bits per heavy atom. The van der Waals surface area contributed by atoms with Crippen molar-refractivity contribution in [2.75, 3.05) is 6.26 Å². The summed E-state index contributed by atoms with van der Waals surface area (Å²) in [4.78, 5) is 0. The van der Waals surface area contributed by atoms with E-state index in [4.69, 9.17) is 5.84 Å². The second kappa shape index (κ2) is 5.55. The van der Waals surface area contributed by atoms with Crippen molar-refractivity contribution in [2.24, 2.45) is 5.84 Å². The minimum Gasteiger partial charge on any atom is -0.271 e. The molecule has 0 aliphatic heterocycles. The Morgan fingerprint density at radius 2 is 1.90 bits per heavy atom. The van der Waals surface area contributed by atoms with Crippen molar-refractivity contribution < 1.29 is 8.42 Å². The lowest BCUT2D eigenvalue weighted by Crippen LogP contribution is -2.48. The average molecular weight is 309 g/mol. The molecule has 0 amide bonds. The molecule has 1 atom stereocenters. The van der Waals surface area contributed by atoms with Crippen LogP contribution < -0.4 is 11.3 Å². The van der Waals surface area contributed by atoms with Gasteiger partial charge in [0, 0.05) is 6.26 Å². The first kappa shape index (κ1) is 15.6. The second-order valence-electron chi connectivity index (χ2n) is 5.38. The van der Waals surface area contributed by atoms with Gasteiger partial charge in [0.15, 0.2) is 9.84 Å². The first-order chi connectivity index (χ1) is 9.79. The highest BCUT2D eigenvalue weighted by atomic mass is 32.2. The maximum absolute atomic E-state index is 12.1. The van der Waals surface area contributed by atoms with Crippen molar-refractivity contribution in [3.05, 3.63) is 42.2 Å². The summed E-state index contributed by atoms with van der Waals surface area (Å²) in [6.07, 6.45) is 2.71. The summed E-state index contributed by atoms with van der Waals surface area (Å²) in [6, 6.07) is 8.70. The van der Waals surface area contributed by atoms with E-state index in [9.17, 15) is 8.42 Å². The summed E-state index contributed by atoms with van der Waals surface area (Å²) >= 11 is 0. The fourth-order valence-electron chi connectivity index (χ4n) is 2.07. The lowest BCUT2D eigenvalue weighted by molar-refractivity contribution is 0.412. The molecule has 2 rings (SSSR count). The molecule has 0 spiro atoms. The zero-order valence-electron chi connectivity index (χ0n) is 12.2. The van der Waals surface area contributed by atoms with Crippen molar-refractivity contribution >= 4 is 9.84 Å². The molecule has 0 saturated heterocycles. The Kier molecular flexibility index (Phi) is 4.13. The van der Waals surface area contributed by atoms with Crippen LogP contribution in [0.5, 0.6) is 0 Å². The Bertz CT molecular complexity index is 709. The smallest absolute Gasteiger partial charge is 0.154 e. The van der Waals surface area contributed by atoms with E-state index in [0.29, 0.717) is 5.69 Å². The molecule has 0 saturated carbocycles. The zero-order chi connectivity index (χ0) is 15.7. The molecule has 1 aromatic heterocycles. The van der Waals surface area contributed by atoms with Crippen LogP contribution in [-0.4, -0.2) is 34.4 Å². The van der Waals surface area contributed by atoms with Gasteiger partial charge in [-0.15, -0.1) is 5.10 Å². The summed E-state index contributed by atoms with van der Waals surface area (Å²) in [5, 5.41) is 7.91. The Hall–Kier alpha value is -1.77. The van der Waals surface area contributed by atoms with E-state index in [1.165, 1.54) is 12.5 Å². The van der Waals surface area contributed by atoms with Gasteiger partial charge in [-0.05, 0) is 26.0 Å². The van der Waals surface area contributed by atoms with Crippen molar-refractivity contribution in [1.29, 1.82) is 0 Å². The lowest BCUT2D eigenvalue weighted by atomic mass is 10.0. The van der Waals surface area contributed by atoms with E-state index < -0.39 is 20.6 Å². The Labute approximate surface area is 124 Å². The summed E-state index contributed by atoms with van der Waals surface area (Å²) in [5.41, 5.74) is 3.95. The van der Waals surface area contributed by atoms with Crippen LogP contribution in [0.2, 0.25) is 0 Å². The highest BCUT2D eigenvalue weighted by molar-refractivity contribution is 7.92. The third-order valence-electron chi connectivity index (χ3n) is 3.69. The molecule has 0 fully saturated rings. The number of sulfone groups is 1. The van der Waals surface area contributed by atoms with Gasteiger partial charge in [-0.1, -0.05) is 23.4 Å². The van der Waals surface area contributed by atoms with Gasteiger partial charge < -0.3 is 0 Å². The maximum atomic E-state index is 12.1. The number of nitrogens with two attached hydrogens (primary N) is 1. The van der Waals surface area contributed by atoms with Gasteiger partial charge in [0.2, 0.25) is 0 Å². The van der Waals surface area contributed by atoms with E-state index in [0.717, 1.165) is 5.69 Å². The number of nitrogens with zero attached hydrogens (tertiary/aromatic N) is 3. The Morgan fingerprint density at radius 1 is 1.29 bits per heavy atom. The molecular formula is C13H19N5O2S. The minimum atomic E-state index is -3.35. The van der Waals surface area contributed by atoms with Crippen LogP contribution in [0, 0.1) is 0 Å². The van der Waals surface area contributed by atoms with E-state index in [1.54, 1.807) is 18.5 Å². The lowest BCUT2D eigenvalue weighted by Gasteiger charge is -2.31. The molecule has 0 aliphatic carbocycles. The first-order valence-electron chi connectivity index (χ1n) is 6.41. The summed E-state index contributed by atoms with van der Waals surface area (Å²) in [6.45, 7) is 3.24. The molecule has 0 radical (unpaired) electrons. The number of hydrazine groups is 1. The number of nitrogens with one attached hydrogen (secondary N) is 1. The van der Waals surface area contributed by atoms with Crippen molar-refractivity contribution in [1.82, 2.24) is 20.4 Å². The molecule has 21 heavy (non-hydrogen) atoms. The number of hydrogen-bond acceptors (Lipinski definition) is 6. The van der Waals surface area contributed by atoms with Gasteiger partial charge in [-0.3, -0.25) is 5.84 Å². The van der Waals surface area contributed by atoms with E-state index in [2.05, 4.69) is 15.7 Å². The van der Waals surface area contributed by atoms with E-state index >= 15 is 0 Å². The SMILES string of the molecule is CC(C)(C(NN)c1cnnn1-c1ccccc1)S(C)(=O)=O. The molecule has 114 valence electrons. The average Bonchev–Trinajstić information content (AvgIpc) is 2.88. The van der Waals surface area contributed by atoms with Crippen LogP contribution in [0.3, 0.4) is 0 Å². The predicted octanol–water partition coefficient (Wildman–Crippen LogP) is 0.595. The third-order valence-corrected chi connectivity index (χ3v) is 5.84. The summed E-state index contributed by atoms with van der Waals surface area (Å²) in [7, 11) is -3.35. The molecule has 1 heterocycles. The van der Waals surface area contributed by atoms with Gasteiger partial charge in [0.25, 0.3) is 0 Å². The molecule has 7 nitrogen and oxygen atoms in total. The molecule has 0 bridgehead atoms. The summed E-state index contributed by atoms with van der Waals surface area (Å²) < 4.78 is 24.6. The largest absolute Gasteiger partial charge is 0.271 e. The first-order valence-corrected chi connectivity index (χ1v) is 8.30. The zero-order valence-corrected chi connectivity index (χ0v) is 13.0. The van der Waals surface area contributed by atoms with Crippen LogP contribution in [0.15, 0.2) is 36.5 Å². The molecule has 2 aromatic rings. The van der Waals surface area contributed by atoms with Gasteiger partial charge in [0.05, 0.1) is 28.4 Å². The van der Waals surface area contributed by atoms with Gasteiger partial charge in [-0.2, -0.15) is 0 Å². The predicted molar refractivity (Wildman–Crippen MR) is 80.3 cm³/mol. The van der Waals surface area contributed by atoms with Crippen molar-refractivity contribution in [3.8, 4) is 5.69 Å². The molecule has 3 N–H and O–H groups in total. The topological polar surface area (TPSA) is 103 Å². The normalized spacial score (nSPS) is 14.1. The van der Waals surface area contributed by atoms with E-state index in [1.807, 2.05) is 30.3 Å². The van der Waals surface area contributed by atoms with Gasteiger partial charge >= 0.3 is 0 Å². The fraction of sp³-hybridized carbons (Fsp3) is 0.385. The maximum Gasteiger partial charge on any atom is 0.154 e. The number of rotatable bonds is 5. The molecule has 8 heteroatoms. The molecule has 1 aromatic carbocycles. The Balaban J connectivity index is 2.54. The molecular weight excluding hydrogens is 290 g/mol. The fourth-order valence-corrected chi connectivity index (χ4v) is 2.68. The number of aromatic nitrogens is 3. The van der Waals surface area contributed by atoms with Crippen LogP contribution in [-0.2, 0) is 9.84 Å². The quantitative estimate of drug-likeness (QED) is 0.619.